The molecule has 3 aromatic heterocycles. The van der Waals surface area contributed by atoms with Gasteiger partial charge in [-0.1, -0.05) is 13.3 Å². The average Bonchev–Trinajstić information content (AvgIpc) is 3.12. The van der Waals surface area contributed by atoms with Crippen molar-refractivity contribution in [2.75, 3.05) is 18.8 Å². The standard InChI is InChI=1S/C21H29N7O2/c1-3-4-14(2)30-21-25-19(22)20-24-13-17(28(20)26-21)11-15-7-10-27(18(29)12-15)16-5-8-23-9-6-16/h7,10,12-14,16,23H,3-6,8-9,11H2,1-2H3,(H2,22,25,26)/t14-/m0/s1. The number of hydrogen-bond acceptors (Lipinski definition) is 7. The molecule has 1 saturated heterocycles. The van der Waals surface area contributed by atoms with E-state index in [-0.39, 0.29) is 29.5 Å². The first kappa shape index (κ1) is 20.3. The number of fused-ring (bicyclic) bond motifs is 1. The third-order valence-electron chi connectivity index (χ3n) is 5.54. The molecule has 0 spiro atoms. The third kappa shape index (κ3) is 4.30. The summed E-state index contributed by atoms with van der Waals surface area (Å²) in [5.74, 6) is 0.274. The normalized spacial score (nSPS) is 16.1. The number of nitrogens with zero attached hydrogens (tertiary/aromatic N) is 5. The van der Waals surface area contributed by atoms with Crippen LogP contribution in [0.1, 0.15) is 56.8 Å². The third-order valence-corrected chi connectivity index (χ3v) is 5.54. The molecule has 0 bridgehead atoms. The minimum atomic E-state index is 0.00130. The summed E-state index contributed by atoms with van der Waals surface area (Å²) in [6.45, 7) is 5.98. The van der Waals surface area contributed by atoms with Gasteiger partial charge in [0.15, 0.2) is 11.5 Å². The first-order valence-corrected chi connectivity index (χ1v) is 10.6. The van der Waals surface area contributed by atoms with E-state index in [0.717, 1.165) is 50.0 Å². The molecule has 4 heterocycles. The summed E-state index contributed by atoms with van der Waals surface area (Å²) in [4.78, 5) is 21.3. The monoisotopic (exact) mass is 411 g/mol. The lowest BCUT2D eigenvalue weighted by Crippen LogP contribution is -2.33. The van der Waals surface area contributed by atoms with E-state index in [1.807, 2.05) is 23.8 Å². The van der Waals surface area contributed by atoms with Gasteiger partial charge in [-0.15, -0.1) is 5.10 Å². The van der Waals surface area contributed by atoms with Crippen molar-refractivity contribution >= 4 is 11.5 Å². The summed E-state index contributed by atoms with van der Waals surface area (Å²) in [5.41, 5.74) is 8.32. The molecule has 9 heteroatoms. The van der Waals surface area contributed by atoms with Crippen molar-refractivity contribution in [1.29, 1.82) is 0 Å². The maximum absolute atomic E-state index is 12.7. The van der Waals surface area contributed by atoms with Gasteiger partial charge in [-0.3, -0.25) is 4.79 Å². The Morgan fingerprint density at radius 2 is 2.17 bits per heavy atom. The quantitative estimate of drug-likeness (QED) is 0.611. The molecule has 0 radical (unpaired) electrons. The number of anilines is 1. The van der Waals surface area contributed by atoms with Gasteiger partial charge in [-0.25, -0.2) is 9.50 Å². The van der Waals surface area contributed by atoms with E-state index in [1.54, 1.807) is 16.8 Å². The van der Waals surface area contributed by atoms with Gasteiger partial charge in [-0.05, 0) is 50.9 Å². The molecular weight excluding hydrogens is 382 g/mol. The fourth-order valence-electron chi connectivity index (χ4n) is 3.98. The van der Waals surface area contributed by atoms with Crippen molar-refractivity contribution in [2.24, 2.45) is 0 Å². The SMILES string of the molecule is CCC[C@H](C)Oc1nc(N)c2ncc(Cc3ccn(C4CCNCC4)c(=O)c3)n2n1. The van der Waals surface area contributed by atoms with Crippen LogP contribution in [0.3, 0.4) is 0 Å². The molecule has 1 aliphatic heterocycles. The first-order chi connectivity index (χ1) is 14.5. The summed E-state index contributed by atoms with van der Waals surface area (Å²) < 4.78 is 9.32. The van der Waals surface area contributed by atoms with Crippen LogP contribution in [0.15, 0.2) is 29.3 Å². The maximum Gasteiger partial charge on any atom is 0.336 e. The molecule has 3 N–H and O–H groups in total. The zero-order valence-corrected chi connectivity index (χ0v) is 17.5. The minimum Gasteiger partial charge on any atom is -0.459 e. The molecule has 1 fully saturated rings. The van der Waals surface area contributed by atoms with Crippen LogP contribution in [-0.2, 0) is 6.42 Å². The average molecular weight is 412 g/mol. The summed E-state index contributed by atoms with van der Waals surface area (Å²) >= 11 is 0. The molecule has 9 nitrogen and oxygen atoms in total. The van der Waals surface area contributed by atoms with E-state index in [4.69, 9.17) is 10.5 Å². The summed E-state index contributed by atoms with van der Waals surface area (Å²) in [6.07, 6.45) is 8.01. The molecular formula is C21H29N7O2. The van der Waals surface area contributed by atoms with E-state index in [0.29, 0.717) is 12.1 Å². The van der Waals surface area contributed by atoms with Crippen molar-refractivity contribution in [1.82, 2.24) is 29.5 Å². The van der Waals surface area contributed by atoms with Gasteiger partial charge in [0.2, 0.25) is 0 Å². The number of ether oxygens (including phenoxy) is 1. The van der Waals surface area contributed by atoms with Crippen LogP contribution in [0.5, 0.6) is 6.01 Å². The van der Waals surface area contributed by atoms with Gasteiger partial charge in [-0.2, -0.15) is 4.98 Å². The molecule has 0 aliphatic carbocycles. The second-order valence-electron chi connectivity index (χ2n) is 7.92. The zero-order valence-electron chi connectivity index (χ0n) is 17.5. The molecule has 3 aromatic rings. The van der Waals surface area contributed by atoms with Gasteiger partial charge < -0.3 is 20.4 Å². The highest BCUT2D eigenvalue weighted by Crippen LogP contribution is 2.19. The molecule has 0 unspecified atom stereocenters. The molecule has 0 amide bonds. The molecule has 30 heavy (non-hydrogen) atoms. The highest BCUT2D eigenvalue weighted by Gasteiger charge is 2.17. The lowest BCUT2D eigenvalue weighted by Gasteiger charge is -2.24. The van der Waals surface area contributed by atoms with E-state index in [2.05, 4.69) is 27.3 Å². The van der Waals surface area contributed by atoms with Crippen LogP contribution in [0.2, 0.25) is 0 Å². The lowest BCUT2D eigenvalue weighted by molar-refractivity contribution is 0.189. The minimum absolute atomic E-state index is 0.00130. The number of nitrogen functional groups attached to an aromatic ring is 1. The van der Waals surface area contributed by atoms with Crippen LogP contribution < -0.4 is 21.3 Å². The van der Waals surface area contributed by atoms with Crippen molar-refractivity contribution in [3.63, 3.8) is 0 Å². The van der Waals surface area contributed by atoms with Crippen LogP contribution in [0.25, 0.3) is 5.65 Å². The second kappa shape index (κ2) is 8.83. The van der Waals surface area contributed by atoms with Crippen LogP contribution in [0, 0.1) is 0 Å². The number of aromatic nitrogens is 5. The Labute approximate surface area is 175 Å². The Morgan fingerprint density at radius 1 is 1.37 bits per heavy atom. The first-order valence-electron chi connectivity index (χ1n) is 10.6. The highest BCUT2D eigenvalue weighted by atomic mass is 16.5. The number of rotatable bonds is 7. The fraction of sp³-hybridized carbons (Fsp3) is 0.524. The van der Waals surface area contributed by atoms with Crippen LogP contribution >= 0.6 is 0 Å². The predicted octanol–water partition coefficient (Wildman–Crippen LogP) is 1.95. The van der Waals surface area contributed by atoms with Crippen LogP contribution in [0.4, 0.5) is 5.82 Å². The van der Waals surface area contributed by atoms with Gasteiger partial charge in [0.05, 0.1) is 18.0 Å². The molecule has 160 valence electrons. The smallest absolute Gasteiger partial charge is 0.336 e. The number of nitrogens with one attached hydrogen (secondary N) is 1. The van der Waals surface area contributed by atoms with Gasteiger partial charge in [0.1, 0.15) is 0 Å². The molecule has 1 aliphatic rings. The van der Waals surface area contributed by atoms with Crippen LogP contribution in [-0.4, -0.2) is 43.3 Å². The van der Waals surface area contributed by atoms with Crippen molar-refractivity contribution in [2.45, 2.75) is 58.1 Å². The second-order valence-corrected chi connectivity index (χ2v) is 7.92. The molecule has 4 rings (SSSR count). The Balaban J connectivity index is 1.58. The Bertz CT molecular complexity index is 1070. The summed E-state index contributed by atoms with van der Waals surface area (Å²) in [6, 6.07) is 4.20. The molecule has 1 atom stereocenters. The lowest BCUT2D eigenvalue weighted by atomic mass is 10.1. The zero-order chi connectivity index (χ0) is 21.1. The molecule has 0 aromatic carbocycles. The van der Waals surface area contributed by atoms with E-state index < -0.39 is 0 Å². The largest absolute Gasteiger partial charge is 0.459 e. The highest BCUT2D eigenvalue weighted by molar-refractivity contribution is 5.59. The Morgan fingerprint density at radius 3 is 2.90 bits per heavy atom. The van der Waals surface area contributed by atoms with Gasteiger partial charge >= 0.3 is 6.01 Å². The van der Waals surface area contributed by atoms with Crippen molar-refractivity contribution in [3.8, 4) is 6.01 Å². The maximum atomic E-state index is 12.7. The number of nitrogens with two attached hydrogens (primary N) is 1. The summed E-state index contributed by atoms with van der Waals surface area (Å²) in [7, 11) is 0. The number of imidazole rings is 1. The fourth-order valence-corrected chi connectivity index (χ4v) is 3.98. The van der Waals surface area contributed by atoms with E-state index >= 15 is 0 Å². The summed E-state index contributed by atoms with van der Waals surface area (Å²) in [5, 5.41) is 7.81. The molecule has 0 saturated carbocycles. The number of hydrogen-bond donors (Lipinski definition) is 2. The van der Waals surface area contributed by atoms with Crippen molar-refractivity contribution in [3.05, 3.63) is 46.1 Å². The predicted molar refractivity (Wildman–Crippen MR) is 115 cm³/mol. The van der Waals surface area contributed by atoms with E-state index in [9.17, 15) is 4.79 Å². The van der Waals surface area contributed by atoms with Gasteiger partial charge in [0, 0.05) is 24.7 Å². The van der Waals surface area contributed by atoms with Gasteiger partial charge in [0.25, 0.3) is 5.56 Å². The van der Waals surface area contributed by atoms with Crippen molar-refractivity contribution < 1.29 is 4.74 Å². The number of pyridine rings is 1. The Kier molecular flexibility index (Phi) is 5.98. The van der Waals surface area contributed by atoms with E-state index in [1.165, 1.54) is 0 Å². The Hall–Kier alpha value is -2.94. The number of piperidine rings is 1. The topological polar surface area (TPSA) is 112 Å².